The van der Waals surface area contributed by atoms with E-state index < -0.39 is 8.32 Å². The van der Waals surface area contributed by atoms with E-state index in [-0.39, 0.29) is 27.8 Å². The highest BCUT2D eigenvalue weighted by Crippen LogP contribution is 2.42. The van der Waals surface area contributed by atoms with Crippen LogP contribution in [0, 0.1) is 10.1 Å². The van der Waals surface area contributed by atoms with Crippen molar-refractivity contribution in [3.63, 3.8) is 0 Å². The van der Waals surface area contributed by atoms with Crippen LogP contribution in [0.4, 0.5) is 5.69 Å². The largest absolute Gasteiger partial charge is 0.408 e. The summed E-state index contributed by atoms with van der Waals surface area (Å²) in [6.07, 6.45) is 3.04. The number of hydrogen-bond donors (Lipinski definition) is 1. The first-order valence-electron chi connectivity index (χ1n) is 10.8. The zero-order valence-corrected chi connectivity index (χ0v) is 19.7. The summed E-state index contributed by atoms with van der Waals surface area (Å²) in [6, 6.07) is 18.1. The van der Waals surface area contributed by atoms with Gasteiger partial charge in [-0.25, -0.2) is 0 Å². The van der Waals surface area contributed by atoms with Crippen molar-refractivity contribution in [2.45, 2.75) is 76.4 Å². The van der Waals surface area contributed by atoms with Crippen LogP contribution >= 0.6 is 0 Å². The Morgan fingerprint density at radius 3 is 2.30 bits per heavy atom. The standard InChI is InChI=1S/C24H34N2O3Si/c1-24(2,3)30(4,5)29-23(19-9-7-6-8-10-19)22-16-13-20(25-22)17-18-11-14-21(15-12-18)26(27)28/h6-12,14-15,20,22-23,25H,13,16-17H2,1-5H3/t20-,22+,23+/m0/s1. The van der Waals surface area contributed by atoms with Gasteiger partial charge in [0, 0.05) is 24.2 Å². The zero-order chi connectivity index (χ0) is 21.9. The molecule has 162 valence electrons. The Morgan fingerprint density at radius 1 is 1.10 bits per heavy atom. The van der Waals surface area contributed by atoms with E-state index >= 15 is 0 Å². The minimum atomic E-state index is -1.94. The molecule has 1 aliphatic rings. The molecule has 3 rings (SSSR count). The van der Waals surface area contributed by atoms with Crippen molar-refractivity contribution in [2.75, 3.05) is 0 Å². The van der Waals surface area contributed by atoms with Gasteiger partial charge in [-0.05, 0) is 48.5 Å². The van der Waals surface area contributed by atoms with Crippen molar-refractivity contribution in [1.29, 1.82) is 0 Å². The fourth-order valence-corrected chi connectivity index (χ4v) is 5.10. The number of nitrogens with zero attached hydrogens (tertiary/aromatic N) is 1. The van der Waals surface area contributed by atoms with Gasteiger partial charge in [-0.15, -0.1) is 0 Å². The van der Waals surface area contributed by atoms with Gasteiger partial charge in [0.25, 0.3) is 5.69 Å². The van der Waals surface area contributed by atoms with Crippen molar-refractivity contribution < 1.29 is 9.35 Å². The van der Waals surface area contributed by atoms with Crippen LogP contribution in [0.15, 0.2) is 54.6 Å². The second-order valence-electron chi connectivity index (χ2n) is 9.88. The van der Waals surface area contributed by atoms with Crippen molar-refractivity contribution in [3.05, 3.63) is 75.8 Å². The normalized spacial score (nSPS) is 20.8. The number of nitro benzene ring substituents is 1. The fourth-order valence-electron chi connectivity index (χ4n) is 3.81. The minimum absolute atomic E-state index is 0.0361. The third-order valence-corrected chi connectivity index (χ3v) is 11.1. The number of rotatable bonds is 7. The molecule has 0 amide bonds. The Morgan fingerprint density at radius 2 is 1.73 bits per heavy atom. The van der Waals surface area contributed by atoms with Crippen molar-refractivity contribution in [3.8, 4) is 0 Å². The maximum atomic E-state index is 10.9. The lowest BCUT2D eigenvalue weighted by Gasteiger charge is -2.41. The van der Waals surface area contributed by atoms with Gasteiger partial charge in [0.1, 0.15) is 0 Å². The quantitative estimate of drug-likeness (QED) is 0.334. The highest BCUT2D eigenvalue weighted by Gasteiger charge is 2.42. The molecule has 0 aromatic heterocycles. The smallest absolute Gasteiger partial charge is 0.269 e. The molecule has 1 aliphatic heterocycles. The van der Waals surface area contributed by atoms with Crippen LogP contribution in [0.2, 0.25) is 18.1 Å². The molecule has 1 fully saturated rings. The molecule has 0 spiro atoms. The molecular weight excluding hydrogens is 392 g/mol. The highest BCUT2D eigenvalue weighted by molar-refractivity contribution is 6.74. The van der Waals surface area contributed by atoms with Gasteiger partial charge in [0.2, 0.25) is 0 Å². The van der Waals surface area contributed by atoms with Crippen LogP contribution in [0.1, 0.15) is 50.8 Å². The van der Waals surface area contributed by atoms with Crippen molar-refractivity contribution in [1.82, 2.24) is 5.32 Å². The molecule has 3 atom stereocenters. The summed E-state index contributed by atoms with van der Waals surface area (Å²) in [6.45, 7) is 11.5. The van der Waals surface area contributed by atoms with E-state index in [9.17, 15) is 10.1 Å². The fraction of sp³-hybridized carbons (Fsp3) is 0.500. The van der Waals surface area contributed by atoms with Crippen molar-refractivity contribution >= 4 is 14.0 Å². The average molecular weight is 427 g/mol. The zero-order valence-electron chi connectivity index (χ0n) is 18.7. The Bertz CT molecular complexity index is 847. The Balaban J connectivity index is 1.73. The molecule has 2 aromatic carbocycles. The summed E-state index contributed by atoms with van der Waals surface area (Å²) in [7, 11) is -1.94. The first-order valence-corrected chi connectivity index (χ1v) is 13.7. The predicted octanol–water partition coefficient (Wildman–Crippen LogP) is 6.02. The van der Waals surface area contributed by atoms with Crippen LogP contribution in [-0.2, 0) is 10.8 Å². The highest BCUT2D eigenvalue weighted by atomic mass is 28.4. The molecule has 1 heterocycles. The number of benzene rings is 2. The van der Waals surface area contributed by atoms with E-state index in [1.807, 2.05) is 18.2 Å². The van der Waals surface area contributed by atoms with E-state index in [4.69, 9.17) is 4.43 Å². The topological polar surface area (TPSA) is 64.4 Å². The summed E-state index contributed by atoms with van der Waals surface area (Å²) in [5.74, 6) is 0. The van der Waals surface area contributed by atoms with Gasteiger partial charge in [-0.3, -0.25) is 10.1 Å². The van der Waals surface area contributed by atoms with Crippen LogP contribution in [0.25, 0.3) is 0 Å². The molecular formula is C24H34N2O3Si. The van der Waals surface area contributed by atoms with Gasteiger partial charge in [-0.2, -0.15) is 0 Å². The Labute approximate surface area is 181 Å². The maximum absolute atomic E-state index is 10.9. The van der Waals surface area contributed by atoms with Gasteiger partial charge in [0.15, 0.2) is 8.32 Å². The molecule has 0 aliphatic carbocycles. The summed E-state index contributed by atoms with van der Waals surface area (Å²) in [5, 5.41) is 14.8. The summed E-state index contributed by atoms with van der Waals surface area (Å²) >= 11 is 0. The lowest BCUT2D eigenvalue weighted by molar-refractivity contribution is -0.384. The molecule has 30 heavy (non-hydrogen) atoms. The maximum Gasteiger partial charge on any atom is 0.269 e. The van der Waals surface area contributed by atoms with Crippen molar-refractivity contribution in [2.24, 2.45) is 0 Å². The molecule has 0 bridgehead atoms. The van der Waals surface area contributed by atoms with Gasteiger partial charge >= 0.3 is 0 Å². The SMILES string of the molecule is CC(C)(C)[Si](C)(C)O[C@H](c1ccccc1)[C@H]1CC[C@@H](Cc2ccc([N+](=O)[O-])cc2)N1. The summed E-state index contributed by atoms with van der Waals surface area (Å²) in [4.78, 5) is 10.5. The third-order valence-electron chi connectivity index (χ3n) is 6.63. The second-order valence-corrected chi connectivity index (χ2v) is 14.6. The number of hydrogen-bond acceptors (Lipinski definition) is 4. The number of non-ortho nitro benzene ring substituents is 1. The molecule has 1 saturated heterocycles. The van der Waals surface area contributed by atoms with E-state index in [0.717, 1.165) is 24.8 Å². The van der Waals surface area contributed by atoms with E-state index in [2.05, 4.69) is 63.4 Å². The van der Waals surface area contributed by atoms with Crippen LogP contribution in [0.5, 0.6) is 0 Å². The average Bonchev–Trinajstić information content (AvgIpc) is 3.14. The van der Waals surface area contributed by atoms with Crippen LogP contribution < -0.4 is 5.32 Å². The monoisotopic (exact) mass is 426 g/mol. The van der Waals surface area contributed by atoms with Crippen LogP contribution in [0.3, 0.4) is 0 Å². The Kier molecular flexibility index (Phi) is 6.80. The predicted molar refractivity (Wildman–Crippen MR) is 124 cm³/mol. The van der Waals surface area contributed by atoms with E-state index in [0.29, 0.717) is 6.04 Å². The van der Waals surface area contributed by atoms with E-state index in [1.165, 1.54) is 5.56 Å². The molecule has 2 aromatic rings. The molecule has 0 radical (unpaired) electrons. The lowest BCUT2D eigenvalue weighted by atomic mass is 10.0. The molecule has 0 saturated carbocycles. The third kappa shape index (κ3) is 5.36. The van der Waals surface area contributed by atoms with Gasteiger partial charge in [-0.1, -0.05) is 63.2 Å². The van der Waals surface area contributed by atoms with Gasteiger partial charge in [0.05, 0.1) is 11.0 Å². The summed E-state index contributed by atoms with van der Waals surface area (Å²) < 4.78 is 6.91. The van der Waals surface area contributed by atoms with Crippen LogP contribution in [-0.4, -0.2) is 25.3 Å². The molecule has 0 unspecified atom stereocenters. The summed E-state index contributed by atoms with van der Waals surface area (Å²) in [5.41, 5.74) is 2.50. The number of nitro groups is 1. The second kappa shape index (κ2) is 9.00. The minimum Gasteiger partial charge on any atom is -0.408 e. The molecule has 1 N–H and O–H groups in total. The first kappa shape index (κ1) is 22.7. The van der Waals surface area contributed by atoms with E-state index in [1.54, 1.807) is 12.1 Å². The lowest BCUT2D eigenvalue weighted by Crippen LogP contribution is -2.46. The molecule has 5 nitrogen and oxygen atoms in total. The number of nitrogens with one attached hydrogen (secondary N) is 1. The molecule has 6 heteroatoms. The Hall–Kier alpha value is -2.02. The first-order chi connectivity index (χ1) is 14.1. The van der Waals surface area contributed by atoms with Gasteiger partial charge < -0.3 is 9.74 Å².